The summed E-state index contributed by atoms with van der Waals surface area (Å²) < 4.78 is 33.3. The summed E-state index contributed by atoms with van der Waals surface area (Å²) in [5, 5.41) is 11.4. The number of nitro benzene ring substituents is 1. The minimum Gasteiger partial charge on any atom is -0.379 e. The molecule has 1 aliphatic heterocycles. The van der Waals surface area contributed by atoms with Crippen LogP contribution in [0, 0.1) is 10.1 Å². The van der Waals surface area contributed by atoms with Crippen LogP contribution in [-0.2, 0) is 21.3 Å². The molecule has 0 aliphatic carbocycles. The normalized spacial score (nSPS) is 15.4. The number of sulfonamides is 1. The first kappa shape index (κ1) is 22.6. The molecule has 1 fully saturated rings. The zero-order valence-electron chi connectivity index (χ0n) is 16.4. The highest BCUT2D eigenvalue weighted by Gasteiger charge is 2.26. The van der Waals surface area contributed by atoms with Gasteiger partial charge in [0.15, 0.2) is 0 Å². The van der Waals surface area contributed by atoms with Gasteiger partial charge in [-0.05, 0) is 36.7 Å². The SMILES string of the molecule is O=[N+]([O-])c1ccc(S(=O)(=O)N(CCCN2CCOCC2)Cc2ccccc2Cl)cc1. The molecule has 30 heavy (non-hydrogen) atoms. The van der Waals surface area contributed by atoms with Crippen molar-refractivity contribution in [2.75, 3.05) is 39.4 Å². The highest BCUT2D eigenvalue weighted by Crippen LogP contribution is 2.24. The molecule has 0 atom stereocenters. The first-order valence-electron chi connectivity index (χ1n) is 9.66. The summed E-state index contributed by atoms with van der Waals surface area (Å²) in [6.07, 6.45) is 0.649. The number of rotatable bonds is 9. The fraction of sp³-hybridized carbons (Fsp3) is 0.400. The average molecular weight is 454 g/mol. The molecule has 1 heterocycles. The van der Waals surface area contributed by atoms with Crippen molar-refractivity contribution < 1.29 is 18.1 Å². The van der Waals surface area contributed by atoms with Gasteiger partial charge in [0.25, 0.3) is 5.69 Å². The third kappa shape index (κ3) is 5.77. The lowest BCUT2D eigenvalue weighted by atomic mass is 10.2. The van der Waals surface area contributed by atoms with E-state index in [2.05, 4.69) is 4.90 Å². The molecular weight excluding hydrogens is 430 g/mol. The van der Waals surface area contributed by atoms with E-state index >= 15 is 0 Å². The Morgan fingerprint density at radius 1 is 1.10 bits per heavy atom. The fourth-order valence-electron chi connectivity index (χ4n) is 3.29. The molecular formula is C20H24ClN3O5S. The van der Waals surface area contributed by atoms with Gasteiger partial charge < -0.3 is 4.74 Å². The van der Waals surface area contributed by atoms with Crippen LogP contribution >= 0.6 is 11.6 Å². The predicted molar refractivity (Wildman–Crippen MR) is 114 cm³/mol. The van der Waals surface area contributed by atoms with E-state index in [9.17, 15) is 18.5 Å². The van der Waals surface area contributed by atoms with Crippen molar-refractivity contribution in [3.63, 3.8) is 0 Å². The second-order valence-electron chi connectivity index (χ2n) is 6.99. The van der Waals surface area contributed by atoms with Gasteiger partial charge in [-0.2, -0.15) is 4.31 Å². The van der Waals surface area contributed by atoms with Gasteiger partial charge in [-0.1, -0.05) is 29.8 Å². The molecule has 0 saturated carbocycles. The molecule has 2 aromatic carbocycles. The van der Waals surface area contributed by atoms with Crippen LogP contribution in [-0.4, -0.2) is 61.9 Å². The molecule has 0 unspecified atom stereocenters. The Labute approximate surface area is 181 Å². The molecule has 0 bridgehead atoms. The summed E-state index contributed by atoms with van der Waals surface area (Å²) in [5.41, 5.74) is 0.551. The Balaban J connectivity index is 1.79. The summed E-state index contributed by atoms with van der Waals surface area (Å²) in [7, 11) is -3.85. The zero-order chi connectivity index (χ0) is 21.6. The smallest absolute Gasteiger partial charge is 0.269 e. The monoisotopic (exact) mass is 453 g/mol. The number of non-ortho nitro benzene ring substituents is 1. The van der Waals surface area contributed by atoms with Crippen molar-refractivity contribution in [3.8, 4) is 0 Å². The first-order valence-corrected chi connectivity index (χ1v) is 11.5. The molecule has 8 nitrogen and oxygen atoms in total. The first-order chi connectivity index (χ1) is 14.4. The quantitative estimate of drug-likeness (QED) is 0.427. The van der Waals surface area contributed by atoms with E-state index in [-0.39, 0.29) is 17.1 Å². The van der Waals surface area contributed by atoms with Crippen LogP contribution in [0.4, 0.5) is 5.69 Å². The number of benzene rings is 2. The molecule has 3 rings (SSSR count). The van der Waals surface area contributed by atoms with Crippen LogP contribution in [0.2, 0.25) is 5.02 Å². The van der Waals surface area contributed by atoms with Crippen LogP contribution in [0.3, 0.4) is 0 Å². The second-order valence-corrected chi connectivity index (χ2v) is 9.33. The number of nitrogens with zero attached hydrogens (tertiary/aromatic N) is 3. The lowest BCUT2D eigenvalue weighted by molar-refractivity contribution is -0.384. The van der Waals surface area contributed by atoms with E-state index in [0.717, 1.165) is 19.6 Å². The molecule has 1 aliphatic rings. The largest absolute Gasteiger partial charge is 0.379 e. The van der Waals surface area contributed by atoms with Crippen molar-refractivity contribution in [3.05, 3.63) is 69.2 Å². The zero-order valence-corrected chi connectivity index (χ0v) is 18.0. The van der Waals surface area contributed by atoms with Crippen LogP contribution < -0.4 is 0 Å². The maximum atomic E-state index is 13.3. The number of ether oxygens (including phenoxy) is 1. The summed E-state index contributed by atoms with van der Waals surface area (Å²) in [6, 6.07) is 12.1. The lowest BCUT2D eigenvalue weighted by Crippen LogP contribution is -2.39. The molecule has 0 amide bonds. The van der Waals surface area contributed by atoms with E-state index < -0.39 is 14.9 Å². The van der Waals surface area contributed by atoms with Crippen LogP contribution in [0.1, 0.15) is 12.0 Å². The minimum atomic E-state index is -3.85. The number of halogens is 1. The molecule has 1 saturated heterocycles. The Bertz CT molecular complexity index is 963. The Morgan fingerprint density at radius 2 is 1.77 bits per heavy atom. The molecule has 0 radical (unpaired) electrons. The maximum absolute atomic E-state index is 13.3. The van der Waals surface area contributed by atoms with Crippen molar-refractivity contribution in [2.24, 2.45) is 0 Å². The summed E-state index contributed by atoms with van der Waals surface area (Å²) in [4.78, 5) is 12.6. The van der Waals surface area contributed by atoms with E-state index in [1.807, 2.05) is 6.07 Å². The molecule has 0 spiro atoms. The van der Waals surface area contributed by atoms with Gasteiger partial charge in [-0.15, -0.1) is 0 Å². The van der Waals surface area contributed by atoms with Crippen LogP contribution in [0.25, 0.3) is 0 Å². The summed E-state index contributed by atoms with van der Waals surface area (Å²) >= 11 is 6.26. The van der Waals surface area contributed by atoms with Crippen molar-refractivity contribution >= 4 is 27.3 Å². The number of nitro groups is 1. The van der Waals surface area contributed by atoms with Gasteiger partial charge in [-0.25, -0.2) is 8.42 Å². The average Bonchev–Trinajstić information content (AvgIpc) is 2.75. The van der Waals surface area contributed by atoms with Gasteiger partial charge in [-0.3, -0.25) is 15.0 Å². The van der Waals surface area contributed by atoms with Gasteiger partial charge in [0.2, 0.25) is 10.0 Å². The predicted octanol–water partition coefficient (Wildman–Crippen LogP) is 3.16. The van der Waals surface area contributed by atoms with Crippen molar-refractivity contribution in [2.45, 2.75) is 17.9 Å². The fourth-order valence-corrected chi connectivity index (χ4v) is 4.94. The lowest BCUT2D eigenvalue weighted by Gasteiger charge is -2.28. The van der Waals surface area contributed by atoms with Crippen LogP contribution in [0.5, 0.6) is 0 Å². The van der Waals surface area contributed by atoms with Crippen molar-refractivity contribution in [1.29, 1.82) is 0 Å². The van der Waals surface area contributed by atoms with Gasteiger partial charge in [0.1, 0.15) is 0 Å². The number of hydrogen-bond donors (Lipinski definition) is 0. The number of morpholine rings is 1. The topological polar surface area (TPSA) is 93.0 Å². The third-order valence-corrected chi connectivity index (χ3v) is 7.20. The molecule has 162 valence electrons. The standard InChI is InChI=1S/C20H24ClN3O5S/c21-20-5-2-1-4-17(20)16-23(11-3-10-22-12-14-29-15-13-22)30(27,28)19-8-6-18(7-9-19)24(25)26/h1-2,4-9H,3,10-16H2. The molecule has 0 N–H and O–H groups in total. The summed E-state index contributed by atoms with van der Waals surface area (Å²) in [6.45, 7) is 4.23. The highest BCUT2D eigenvalue weighted by atomic mass is 35.5. The Morgan fingerprint density at radius 3 is 2.40 bits per heavy atom. The molecule has 0 aromatic heterocycles. The Kier molecular flexibility index (Phi) is 7.79. The van der Waals surface area contributed by atoms with E-state index in [1.54, 1.807) is 18.2 Å². The van der Waals surface area contributed by atoms with Crippen LogP contribution in [0.15, 0.2) is 53.4 Å². The van der Waals surface area contributed by atoms with Crippen molar-refractivity contribution in [1.82, 2.24) is 9.21 Å². The maximum Gasteiger partial charge on any atom is 0.269 e. The molecule has 2 aromatic rings. The highest BCUT2D eigenvalue weighted by molar-refractivity contribution is 7.89. The third-order valence-electron chi connectivity index (χ3n) is 4.98. The summed E-state index contributed by atoms with van der Waals surface area (Å²) in [5.74, 6) is 0. The second kappa shape index (κ2) is 10.3. The minimum absolute atomic E-state index is 0.0199. The Hall–Kier alpha value is -2.04. The molecule has 10 heteroatoms. The van der Waals surface area contributed by atoms with Gasteiger partial charge in [0.05, 0.1) is 23.0 Å². The van der Waals surface area contributed by atoms with Gasteiger partial charge in [0, 0.05) is 43.3 Å². The van der Waals surface area contributed by atoms with E-state index in [0.29, 0.717) is 36.8 Å². The van der Waals surface area contributed by atoms with Gasteiger partial charge >= 0.3 is 0 Å². The van der Waals surface area contributed by atoms with E-state index in [1.165, 1.54) is 28.6 Å². The van der Waals surface area contributed by atoms with E-state index in [4.69, 9.17) is 16.3 Å². The number of hydrogen-bond acceptors (Lipinski definition) is 6.